The molecule has 1 aromatic carbocycles. The van der Waals surface area contributed by atoms with Gasteiger partial charge in [0, 0.05) is 44.7 Å². The van der Waals surface area contributed by atoms with Crippen LogP contribution in [-0.2, 0) is 9.53 Å². The number of hydrogen-bond donors (Lipinski definition) is 2. The van der Waals surface area contributed by atoms with Gasteiger partial charge in [0.15, 0.2) is 12.0 Å². The van der Waals surface area contributed by atoms with Gasteiger partial charge in [-0.1, -0.05) is 0 Å². The van der Waals surface area contributed by atoms with E-state index < -0.39 is 24.3 Å². The van der Waals surface area contributed by atoms with E-state index in [0.29, 0.717) is 23.4 Å². The fourth-order valence-corrected chi connectivity index (χ4v) is 5.52. The fraction of sp³-hybridized carbons (Fsp3) is 0.467. The zero-order chi connectivity index (χ0) is 30.6. The van der Waals surface area contributed by atoms with E-state index in [4.69, 9.17) is 9.47 Å². The molecule has 0 saturated carbocycles. The maximum absolute atomic E-state index is 14.9. The van der Waals surface area contributed by atoms with E-state index in [1.807, 2.05) is 12.1 Å². The van der Waals surface area contributed by atoms with Crippen LogP contribution >= 0.6 is 0 Å². The van der Waals surface area contributed by atoms with Crippen LogP contribution in [0.25, 0.3) is 11.4 Å². The number of rotatable bonds is 8. The van der Waals surface area contributed by atoms with Gasteiger partial charge in [-0.05, 0) is 37.3 Å². The maximum atomic E-state index is 14.9. The first-order valence-electron chi connectivity index (χ1n) is 14.7. The maximum Gasteiger partial charge on any atom is 0.251 e. The van der Waals surface area contributed by atoms with Gasteiger partial charge < -0.3 is 29.7 Å². The highest BCUT2D eigenvalue weighted by molar-refractivity contribution is 5.80. The molecule has 44 heavy (non-hydrogen) atoms. The Morgan fingerprint density at radius 1 is 1.16 bits per heavy atom. The molecule has 13 nitrogen and oxygen atoms in total. The molecule has 0 spiro atoms. The number of anilines is 3. The zero-order valence-electron chi connectivity index (χ0n) is 24.3. The van der Waals surface area contributed by atoms with Crippen molar-refractivity contribution in [2.75, 3.05) is 62.7 Å². The van der Waals surface area contributed by atoms with Crippen LogP contribution in [0.5, 0.6) is 5.75 Å². The van der Waals surface area contributed by atoms with Crippen LogP contribution in [-0.4, -0.2) is 118 Å². The summed E-state index contributed by atoms with van der Waals surface area (Å²) < 4.78 is 26.0. The summed E-state index contributed by atoms with van der Waals surface area (Å²) in [5, 5.41) is 22.5. The lowest BCUT2D eigenvalue weighted by molar-refractivity contribution is -0.143. The Bertz CT molecular complexity index is 1510. The van der Waals surface area contributed by atoms with E-state index in [-0.39, 0.29) is 30.8 Å². The lowest BCUT2D eigenvalue weighted by atomic mass is 10.0. The number of piperidine rings is 1. The van der Waals surface area contributed by atoms with Crippen molar-refractivity contribution in [2.24, 2.45) is 0 Å². The van der Waals surface area contributed by atoms with Crippen LogP contribution in [0.3, 0.4) is 0 Å². The van der Waals surface area contributed by atoms with Gasteiger partial charge in [-0.25, -0.2) is 19.3 Å². The molecule has 6 rings (SSSR count). The molecule has 3 aliphatic heterocycles. The predicted molar refractivity (Wildman–Crippen MR) is 158 cm³/mol. The number of aromatic nitrogens is 4. The van der Waals surface area contributed by atoms with E-state index >= 15 is 0 Å². The zero-order valence-corrected chi connectivity index (χ0v) is 24.3. The molecule has 3 aliphatic rings. The Balaban J connectivity index is 1.07. The Kier molecular flexibility index (Phi) is 8.78. The number of piperazine rings is 1. The third kappa shape index (κ3) is 6.54. The van der Waals surface area contributed by atoms with Gasteiger partial charge in [0.2, 0.25) is 5.95 Å². The van der Waals surface area contributed by atoms with Gasteiger partial charge in [-0.15, -0.1) is 0 Å². The molecular weight excluding hydrogens is 569 g/mol. The lowest BCUT2D eigenvalue weighted by Crippen LogP contribution is -2.56. The number of aliphatic hydroxyl groups excluding tert-OH is 1. The average Bonchev–Trinajstić information content (AvgIpc) is 3.02. The second-order valence-electron chi connectivity index (χ2n) is 11.1. The Morgan fingerprint density at radius 3 is 2.64 bits per heavy atom. The quantitative estimate of drug-likeness (QED) is 0.386. The molecule has 0 aliphatic carbocycles. The van der Waals surface area contributed by atoms with Gasteiger partial charge in [0.05, 0.1) is 43.2 Å². The standard InChI is InChI=1S/C30H34FN9O4/c1-19(41)29(42)40-7-6-26(24(31)15-40)44-25-4-2-20(12-21(25)13-32)28-34-18-35-30(37-28)36-22-3-5-27(33-14-22)39-10-8-38(9-11-39)23-16-43-17-23/h2-5,12,14,18-19,23-24,26,41H,6-11,15-17H2,1H3,(H,34,35,36,37)/t19?,24-,26+/m1/s1. The van der Waals surface area contributed by atoms with Gasteiger partial charge in [-0.3, -0.25) is 9.69 Å². The molecular formula is C30H34FN9O4. The minimum Gasteiger partial charge on any atom is -0.486 e. The molecule has 230 valence electrons. The van der Waals surface area contributed by atoms with Gasteiger partial charge in [0.1, 0.15) is 36.2 Å². The van der Waals surface area contributed by atoms with Crippen LogP contribution in [0.15, 0.2) is 42.9 Å². The Labute approximate surface area is 254 Å². The molecule has 3 saturated heterocycles. The van der Waals surface area contributed by atoms with Gasteiger partial charge in [0.25, 0.3) is 5.91 Å². The third-order valence-electron chi connectivity index (χ3n) is 8.14. The van der Waals surface area contributed by atoms with Crippen LogP contribution in [0, 0.1) is 11.3 Å². The first-order chi connectivity index (χ1) is 21.4. The van der Waals surface area contributed by atoms with Gasteiger partial charge >= 0.3 is 0 Å². The highest BCUT2D eigenvalue weighted by atomic mass is 19.1. The monoisotopic (exact) mass is 603 g/mol. The summed E-state index contributed by atoms with van der Waals surface area (Å²) in [5.74, 6) is 1.30. The highest BCUT2D eigenvalue weighted by Gasteiger charge is 2.34. The number of nitrogens with one attached hydrogen (secondary N) is 1. The van der Waals surface area contributed by atoms with Crippen molar-refractivity contribution >= 4 is 23.4 Å². The van der Waals surface area contributed by atoms with Crippen LogP contribution < -0.4 is 15.0 Å². The molecule has 0 radical (unpaired) electrons. The molecule has 3 fully saturated rings. The SMILES string of the molecule is CC(O)C(=O)N1CC[C@H](Oc2ccc(-c3ncnc(Nc4ccc(N5CCN(C6COC6)CC5)nc4)n3)cc2C#N)[C@H](F)C1. The average molecular weight is 604 g/mol. The number of nitriles is 1. The van der Waals surface area contributed by atoms with Crippen molar-refractivity contribution in [3.05, 3.63) is 48.4 Å². The molecule has 2 aromatic heterocycles. The molecule has 0 bridgehead atoms. The van der Waals surface area contributed by atoms with E-state index in [9.17, 15) is 19.6 Å². The summed E-state index contributed by atoms with van der Waals surface area (Å²) in [6, 6.07) is 11.4. The summed E-state index contributed by atoms with van der Waals surface area (Å²) in [6.45, 7) is 6.90. The van der Waals surface area contributed by atoms with E-state index in [1.54, 1.807) is 24.4 Å². The van der Waals surface area contributed by atoms with E-state index in [1.165, 1.54) is 18.2 Å². The van der Waals surface area contributed by atoms with Crippen molar-refractivity contribution < 1.29 is 23.8 Å². The number of pyridine rings is 1. The molecule has 1 unspecified atom stereocenters. The summed E-state index contributed by atoms with van der Waals surface area (Å²) >= 11 is 0. The number of aliphatic hydroxyl groups is 1. The first-order valence-corrected chi connectivity index (χ1v) is 14.7. The normalized spacial score (nSPS) is 21.7. The summed E-state index contributed by atoms with van der Waals surface area (Å²) in [7, 11) is 0. The molecule has 3 aromatic rings. The number of nitrogens with zero attached hydrogens (tertiary/aromatic N) is 8. The number of carbonyl (C=O) groups is 1. The van der Waals surface area contributed by atoms with Crippen molar-refractivity contribution in [3.63, 3.8) is 0 Å². The number of hydrogen-bond acceptors (Lipinski definition) is 12. The molecule has 14 heteroatoms. The summed E-state index contributed by atoms with van der Waals surface area (Å²) in [4.78, 5) is 35.7. The number of benzene rings is 1. The number of ether oxygens (including phenoxy) is 2. The first kappa shape index (κ1) is 29.6. The van der Waals surface area contributed by atoms with E-state index in [2.05, 4.69) is 41.1 Å². The van der Waals surface area contributed by atoms with Crippen LogP contribution in [0.4, 0.5) is 21.8 Å². The smallest absolute Gasteiger partial charge is 0.251 e. The van der Waals surface area contributed by atoms with Crippen LogP contribution in [0.2, 0.25) is 0 Å². The fourth-order valence-electron chi connectivity index (χ4n) is 5.52. The second kappa shape index (κ2) is 13.0. The van der Waals surface area contributed by atoms with E-state index in [0.717, 1.165) is 50.9 Å². The van der Waals surface area contributed by atoms with Crippen molar-refractivity contribution in [1.29, 1.82) is 5.26 Å². The number of amides is 1. The topological polar surface area (TPSA) is 153 Å². The highest BCUT2D eigenvalue weighted by Crippen LogP contribution is 2.29. The number of halogens is 1. The van der Waals surface area contributed by atoms with Crippen molar-refractivity contribution in [3.8, 4) is 23.2 Å². The van der Waals surface area contributed by atoms with Crippen LogP contribution in [0.1, 0.15) is 18.9 Å². The third-order valence-corrected chi connectivity index (χ3v) is 8.14. The molecule has 1 amide bonds. The number of alkyl halides is 1. The lowest BCUT2D eigenvalue weighted by Gasteiger charge is -2.42. The minimum absolute atomic E-state index is 0.180. The van der Waals surface area contributed by atoms with Gasteiger partial charge in [-0.2, -0.15) is 10.2 Å². The van der Waals surface area contributed by atoms with Crippen molar-refractivity contribution in [1.82, 2.24) is 29.7 Å². The van der Waals surface area contributed by atoms with Crippen molar-refractivity contribution in [2.45, 2.75) is 37.8 Å². The number of carbonyl (C=O) groups excluding carboxylic acids is 1. The number of likely N-dealkylation sites (tertiary alicyclic amines) is 1. The Hall–Kier alpha value is -4.45. The predicted octanol–water partition coefficient (Wildman–Crippen LogP) is 1.77. The summed E-state index contributed by atoms with van der Waals surface area (Å²) in [6.07, 6.45) is -0.121. The largest absolute Gasteiger partial charge is 0.486 e. The second-order valence-corrected chi connectivity index (χ2v) is 11.1. The molecule has 2 N–H and O–H groups in total. The minimum atomic E-state index is -1.46. The molecule has 5 heterocycles. The summed E-state index contributed by atoms with van der Waals surface area (Å²) in [5.41, 5.74) is 1.49. The Morgan fingerprint density at radius 2 is 1.98 bits per heavy atom. The molecule has 3 atom stereocenters.